The van der Waals surface area contributed by atoms with Crippen LogP contribution in [-0.4, -0.2) is 38.0 Å². The first-order valence-electron chi connectivity index (χ1n) is 3.67. The molecule has 66 valence electrons. The van der Waals surface area contributed by atoms with Crippen LogP contribution in [-0.2, 0) is 14.2 Å². The van der Waals surface area contributed by atoms with Crippen molar-refractivity contribution in [2.24, 2.45) is 0 Å². The third kappa shape index (κ3) is 2.13. The van der Waals surface area contributed by atoms with Gasteiger partial charge in [0.1, 0.15) is 6.10 Å². The fourth-order valence-corrected chi connectivity index (χ4v) is 1.14. The minimum Gasteiger partial charge on any atom is -0.388 e. The van der Waals surface area contributed by atoms with Gasteiger partial charge in [-0.1, -0.05) is 0 Å². The van der Waals surface area contributed by atoms with E-state index in [2.05, 4.69) is 0 Å². The second-order valence-corrected chi connectivity index (χ2v) is 2.55. The van der Waals surface area contributed by atoms with E-state index in [-0.39, 0.29) is 6.29 Å². The van der Waals surface area contributed by atoms with Gasteiger partial charge in [0.2, 0.25) is 0 Å². The van der Waals surface area contributed by atoms with Crippen LogP contribution in [0, 0.1) is 0 Å². The average Bonchev–Trinajstić information content (AvgIpc) is 2.05. The third-order valence-electron chi connectivity index (χ3n) is 1.79. The quantitative estimate of drug-likeness (QED) is 0.625. The van der Waals surface area contributed by atoms with Gasteiger partial charge in [0.05, 0.1) is 0 Å². The fourth-order valence-electron chi connectivity index (χ4n) is 1.14. The number of aliphatic hydroxyl groups is 1. The van der Waals surface area contributed by atoms with E-state index in [1.807, 2.05) is 0 Å². The summed E-state index contributed by atoms with van der Waals surface area (Å²) in [6.07, 6.45) is 0.0950. The Balaban J connectivity index is 2.37. The van der Waals surface area contributed by atoms with Crippen molar-refractivity contribution >= 4 is 0 Å². The van der Waals surface area contributed by atoms with Crippen molar-refractivity contribution in [1.82, 2.24) is 0 Å². The molecule has 4 nitrogen and oxygen atoms in total. The van der Waals surface area contributed by atoms with Crippen LogP contribution >= 0.6 is 0 Å². The zero-order valence-electron chi connectivity index (χ0n) is 6.82. The highest BCUT2D eigenvalue weighted by atomic mass is 16.8. The number of hydrogen-bond donors (Lipinski definition) is 1. The molecule has 1 fully saturated rings. The summed E-state index contributed by atoms with van der Waals surface area (Å²) in [5, 5.41) is 9.28. The second kappa shape index (κ2) is 4.01. The Morgan fingerprint density at radius 1 is 1.27 bits per heavy atom. The molecule has 3 atom stereocenters. The molecule has 1 aliphatic heterocycles. The van der Waals surface area contributed by atoms with Crippen molar-refractivity contribution in [2.45, 2.75) is 31.5 Å². The van der Waals surface area contributed by atoms with Crippen LogP contribution in [0.2, 0.25) is 0 Å². The molecule has 4 heteroatoms. The number of rotatable bonds is 2. The van der Waals surface area contributed by atoms with E-state index < -0.39 is 12.4 Å². The van der Waals surface area contributed by atoms with Gasteiger partial charge in [-0.05, 0) is 6.42 Å². The van der Waals surface area contributed by atoms with Crippen molar-refractivity contribution in [3.8, 4) is 0 Å². The normalized spacial score (nSPS) is 39.0. The number of aliphatic hydroxyl groups excluding tert-OH is 1. The van der Waals surface area contributed by atoms with E-state index in [1.54, 1.807) is 7.11 Å². The summed E-state index contributed by atoms with van der Waals surface area (Å²) in [4.78, 5) is 0. The van der Waals surface area contributed by atoms with Crippen molar-refractivity contribution in [3.05, 3.63) is 0 Å². The van der Waals surface area contributed by atoms with Gasteiger partial charge in [-0.2, -0.15) is 0 Å². The topological polar surface area (TPSA) is 47.9 Å². The predicted molar refractivity (Wildman–Crippen MR) is 37.9 cm³/mol. The van der Waals surface area contributed by atoms with Crippen LogP contribution < -0.4 is 0 Å². The molecule has 1 rings (SSSR count). The van der Waals surface area contributed by atoms with Crippen LogP contribution in [0.25, 0.3) is 0 Å². The lowest BCUT2D eigenvalue weighted by molar-refractivity contribution is -0.284. The molecule has 0 amide bonds. The Morgan fingerprint density at radius 2 is 2.00 bits per heavy atom. The Labute approximate surface area is 66.1 Å². The zero-order chi connectivity index (χ0) is 8.27. The van der Waals surface area contributed by atoms with Crippen LogP contribution in [0.5, 0.6) is 0 Å². The summed E-state index contributed by atoms with van der Waals surface area (Å²) < 4.78 is 15.0. The predicted octanol–water partition coefficient (Wildman–Crippen LogP) is 0.103. The summed E-state index contributed by atoms with van der Waals surface area (Å²) >= 11 is 0. The zero-order valence-corrected chi connectivity index (χ0v) is 6.82. The van der Waals surface area contributed by atoms with E-state index in [0.717, 1.165) is 6.42 Å². The molecule has 1 aliphatic rings. The molecule has 0 bridgehead atoms. The largest absolute Gasteiger partial charge is 0.388 e. The van der Waals surface area contributed by atoms with Crippen molar-refractivity contribution in [1.29, 1.82) is 0 Å². The maximum atomic E-state index is 9.28. The minimum absolute atomic E-state index is 0.233. The molecule has 0 aromatic carbocycles. The summed E-state index contributed by atoms with van der Waals surface area (Å²) in [6, 6.07) is 0. The number of ether oxygens (including phenoxy) is 3. The molecule has 0 aromatic rings. The highest BCUT2D eigenvalue weighted by molar-refractivity contribution is 4.67. The lowest BCUT2D eigenvalue weighted by atomic mass is 10.1. The van der Waals surface area contributed by atoms with Gasteiger partial charge in [0.15, 0.2) is 12.6 Å². The number of methoxy groups -OCH3 is 2. The molecule has 1 heterocycles. The molecule has 1 unspecified atom stereocenters. The molecule has 0 aliphatic carbocycles. The Kier molecular flexibility index (Phi) is 3.26. The minimum atomic E-state index is -0.534. The lowest BCUT2D eigenvalue weighted by Gasteiger charge is -2.31. The molecule has 1 N–H and O–H groups in total. The Hall–Kier alpha value is -0.160. The Bertz CT molecular complexity index is 117. The van der Waals surface area contributed by atoms with E-state index in [4.69, 9.17) is 14.2 Å². The molecule has 0 saturated carbocycles. The monoisotopic (exact) mass is 162 g/mol. The maximum Gasteiger partial charge on any atom is 0.186 e. The van der Waals surface area contributed by atoms with Crippen molar-refractivity contribution in [3.63, 3.8) is 0 Å². The van der Waals surface area contributed by atoms with Gasteiger partial charge in [-0.15, -0.1) is 0 Å². The van der Waals surface area contributed by atoms with Crippen LogP contribution in [0.1, 0.15) is 12.8 Å². The fraction of sp³-hybridized carbons (Fsp3) is 1.00. The van der Waals surface area contributed by atoms with Crippen LogP contribution in [0.3, 0.4) is 0 Å². The molecule has 0 spiro atoms. The van der Waals surface area contributed by atoms with E-state index in [1.165, 1.54) is 7.11 Å². The summed E-state index contributed by atoms with van der Waals surface area (Å²) in [7, 11) is 3.08. The summed E-state index contributed by atoms with van der Waals surface area (Å²) in [6.45, 7) is 0. The Morgan fingerprint density at radius 3 is 2.55 bits per heavy atom. The van der Waals surface area contributed by atoms with Crippen LogP contribution in [0.15, 0.2) is 0 Å². The molecule has 1 saturated heterocycles. The van der Waals surface area contributed by atoms with Gasteiger partial charge < -0.3 is 19.3 Å². The molecular formula is C7H14O4. The van der Waals surface area contributed by atoms with Crippen LogP contribution in [0.4, 0.5) is 0 Å². The average molecular weight is 162 g/mol. The summed E-state index contributed by atoms with van der Waals surface area (Å²) in [5.41, 5.74) is 0. The van der Waals surface area contributed by atoms with Crippen molar-refractivity contribution in [2.75, 3.05) is 14.2 Å². The van der Waals surface area contributed by atoms with E-state index >= 15 is 0 Å². The molecule has 0 radical (unpaired) electrons. The highest BCUT2D eigenvalue weighted by Gasteiger charge is 2.29. The first-order valence-corrected chi connectivity index (χ1v) is 3.67. The summed E-state index contributed by atoms with van der Waals surface area (Å²) in [5.74, 6) is 0. The molecular weight excluding hydrogens is 148 g/mol. The lowest BCUT2D eigenvalue weighted by Crippen LogP contribution is -2.40. The highest BCUT2D eigenvalue weighted by Crippen LogP contribution is 2.19. The van der Waals surface area contributed by atoms with Gasteiger partial charge in [0.25, 0.3) is 0 Å². The SMILES string of the molecule is COC1CC[C@@H](O)[C@H](OC)O1. The first-order chi connectivity index (χ1) is 5.27. The van der Waals surface area contributed by atoms with Gasteiger partial charge in [-0.25, -0.2) is 0 Å². The smallest absolute Gasteiger partial charge is 0.186 e. The van der Waals surface area contributed by atoms with E-state index in [0.29, 0.717) is 6.42 Å². The maximum absolute atomic E-state index is 9.28. The standard InChI is InChI=1S/C7H14O4/c1-9-6-4-3-5(8)7(10-2)11-6/h5-8H,3-4H2,1-2H3/t5-,6?,7-/m1/s1. The number of hydrogen-bond acceptors (Lipinski definition) is 4. The van der Waals surface area contributed by atoms with Gasteiger partial charge in [-0.3, -0.25) is 0 Å². The first kappa shape index (κ1) is 8.93. The van der Waals surface area contributed by atoms with Crippen molar-refractivity contribution < 1.29 is 19.3 Å². The third-order valence-corrected chi connectivity index (χ3v) is 1.79. The molecule has 0 aromatic heterocycles. The van der Waals surface area contributed by atoms with Gasteiger partial charge >= 0.3 is 0 Å². The van der Waals surface area contributed by atoms with E-state index in [9.17, 15) is 5.11 Å². The van der Waals surface area contributed by atoms with Gasteiger partial charge in [0, 0.05) is 20.6 Å². The molecule has 11 heavy (non-hydrogen) atoms. The second-order valence-electron chi connectivity index (χ2n) is 2.55.